The molecule has 0 aliphatic rings. The van der Waals surface area contributed by atoms with E-state index in [1.165, 1.54) is 11.1 Å². The van der Waals surface area contributed by atoms with Gasteiger partial charge in [0, 0.05) is 25.9 Å². The molecule has 0 aliphatic heterocycles. The molecule has 0 saturated heterocycles. The number of hydrogen-bond acceptors (Lipinski definition) is 2. The molecule has 0 bridgehead atoms. The Morgan fingerprint density at radius 1 is 0.829 bits per heavy atom. The summed E-state index contributed by atoms with van der Waals surface area (Å²) < 4.78 is 0. The molecular weight excluding hydrogens is 432 g/mol. The van der Waals surface area contributed by atoms with Gasteiger partial charge in [0.15, 0.2) is 0 Å². The highest BCUT2D eigenvalue weighted by Gasteiger charge is 2.29. The summed E-state index contributed by atoms with van der Waals surface area (Å²) in [5.41, 5.74) is 5.65. The number of likely N-dealkylation sites (N-methyl/N-ethyl adjacent to an activating group) is 1. The van der Waals surface area contributed by atoms with Crippen LogP contribution in [0, 0.1) is 6.92 Å². The summed E-state index contributed by atoms with van der Waals surface area (Å²) in [4.78, 5) is 28.6. The van der Waals surface area contributed by atoms with Gasteiger partial charge in [-0.25, -0.2) is 0 Å². The third-order valence-electron chi connectivity index (χ3n) is 6.37. The van der Waals surface area contributed by atoms with E-state index in [4.69, 9.17) is 0 Å². The molecule has 184 valence electrons. The lowest BCUT2D eigenvalue weighted by molar-refractivity contribution is -0.141. The summed E-state index contributed by atoms with van der Waals surface area (Å²) in [5.74, 6) is 0.357. The second kappa shape index (κ2) is 12.9. The van der Waals surface area contributed by atoms with Gasteiger partial charge in [0.2, 0.25) is 11.8 Å². The Hall–Kier alpha value is -3.40. The molecule has 1 N–H and O–H groups in total. The Bertz CT molecular complexity index is 1070. The number of benzene rings is 3. The number of rotatable bonds is 11. The predicted octanol–water partition coefficient (Wildman–Crippen LogP) is 5.83. The van der Waals surface area contributed by atoms with Gasteiger partial charge < -0.3 is 10.2 Å². The molecule has 3 rings (SSSR count). The van der Waals surface area contributed by atoms with Crippen LogP contribution in [0.25, 0.3) is 0 Å². The smallest absolute Gasteiger partial charge is 0.243 e. The summed E-state index contributed by atoms with van der Waals surface area (Å²) in [6, 6.07) is 26.0. The maximum absolute atomic E-state index is 13.6. The van der Waals surface area contributed by atoms with Gasteiger partial charge in [-0.05, 0) is 48.4 Å². The van der Waals surface area contributed by atoms with E-state index in [1.807, 2.05) is 68.4 Å². The maximum Gasteiger partial charge on any atom is 0.243 e. The average molecular weight is 471 g/mol. The van der Waals surface area contributed by atoms with Crippen molar-refractivity contribution in [3.63, 3.8) is 0 Å². The fourth-order valence-corrected chi connectivity index (χ4v) is 4.20. The first kappa shape index (κ1) is 26.2. The standard InChI is InChI=1S/C31H38N2O2/c1-5-32-31(35)29(21-26-9-7-6-8-10-26)33(22-27-13-11-24(4)12-14-27)30(34)20-17-25-15-18-28(19-16-25)23(2)3/h6-16,18-19,23,29H,5,17,20-22H2,1-4H3,(H,32,35)/t29-/m0/s1. The van der Waals surface area contributed by atoms with Crippen LogP contribution >= 0.6 is 0 Å². The Morgan fingerprint density at radius 3 is 2.06 bits per heavy atom. The zero-order valence-corrected chi connectivity index (χ0v) is 21.5. The van der Waals surface area contributed by atoms with E-state index < -0.39 is 6.04 Å². The monoisotopic (exact) mass is 470 g/mol. The van der Waals surface area contributed by atoms with Gasteiger partial charge in [0.1, 0.15) is 6.04 Å². The van der Waals surface area contributed by atoms with E-state index in [0.717, 1.165) is 16.7 Å². The lowest BCUT2D eigenvalue weighted by Crippen LogP contribution is -2.50. The summed E-state index contributed by atoms with van der Waals surface area (Å²) >= 11 is 0. The maximum atomic E-state index is 13.6. The number of amides is 2. The lowest BCUT2D eigenvalue weighted by Gasteiger charge is -2.31. The van der Waals surface area contributed by atoms with Crippen molar-refractivity contribution >= 4 is 11.8 Å². The third-order valence-corrected chi connectivity index (χ3v) is 6.37. The normalized spacial score (nSPS) is 11.8. The second-order valence-corrected chi connectivity index (χ2v) is 9.50. The molecule has 0 saturated carbocycles. The molecule has 0 aliphatic carbocycles. The Labute approximate surface area is 210 Å². The molecule has 2 amide bonds. The number of nitrogens with zero attached hydrogens (tertiary/aromatic N) is 1. The first-order chi connectivity index (χ1) is 16.9. The predicted molar refractivity (Wildman–Crippen MR) is 143 cm³/mol. The van der Waals surface area contributed by atoms with Crippen molar-refractivity contribution in [3.05, 3.63) is 107 Å². The molecule has 4 heteroatoms. The van der Waals surface area contributed by atoms with Crippen LogP contribution < -0.4 is 5.32 Å². The molecule has 0 radical (unpaired) electrons. The van der Waals surface area contributed by atoms with Crippen LogP contribution in [0.4, 0.5) is 0 Å². The second-order valence-electron chi connectivity index (χ2n) is 9.50. The van der Waals surface area contributed by atoms with Crippen molar-refractivity contribution in [2.75, 3.05) is 6.54 Å². The zero-order chi connectivity index (χ0) is 25.2. The summed E-state index contributed by atoms with van der Waals surface area (Å²) in [6.07, 6.45) is 1.49. The number of hydrogen-bond donors (Lipinski definition) is 1. The minimum atomic E-state index is -0.575. The van der Waals surface area contributed by atoms with Crippen LogP contribution in [0.3, 0.4) is 0 Å². The molecule has 0 unspecified atom stereocenters. The van der Waals surface area contributed by atoms with Crippen molar-refractivity contribution in [1.82, 2.24) is 10.2 Å². The highest BCUT2D eigenvalue weighted by atomic mass is 16.2. The highest BCUT2D eigenvalue weighted by molar-refractivity contribution is 5.88. The van der Waals surface area contributed by atoms with Crippen molar-refractivity contribution in [1.29, 1.82) is 0 Å². The van der Waals surface area contributed by atoms with E-state index in [0.29, 0.717) is 38.3 Å². The summed E-state index contributed by atoms with van der Waals surface area (Å²) in [6.45, 7) is 9.24. The average Bonchev–Trinajstić information content (AvgIpc) is 2.86. The van der Waals surface area contributed by atoms with Crippen LogP contribution in [0.5, 0.6) is 0 Å². The number of aryl methyl sites for hydroxylation is 2. The van der Waals surface area contributed by atoms with Crippen LogP contribution in [0.15, 0.2) is 78.9 Å². The van der Waals surface area contributed by atoms with Crippen LogP contribution in [-0.2, 0) is 29.0 Å². The van der Waals surface area contributed by atoms with Gasteiger partial charge in [-0.3, -0.25) is 9.59 Å². The zero-order valence-electron chi connectivity index (χ0n) is 21.5. The van der Waals surface area contributed by atoms with Crippen molar-refractivity contribution < 1.29 is 9.59 Å². The van der Waals surface area contributed by atoms with Gasteiger partial charge >= 0.3 is 0 Å². The largest absolute Gasteiger partial charge is 0.355 e. The topological polar surface area (TPSA) is 49.4 Å². The van der Waals surface area contributed by atoms with Crippen LogP contribution in [-0.4, -0.2) is 29.3 Å². The summed E-state index contributed by atoms with van der Waals surface area (Å²) in [5, 5.41) is 2.95. The molecular formula is C31H38N2O2. The Kier molecular flexibility index (Phi) is 9.66. The minimum absolute atomic E-state index is 0.00862. The van der Waals surface area contributed by atoms with Crippen molar-refractivity contribution in [3.8, 4) is 0 Å². The fraction of sp³-hybridized carbons (Fsp3) is 0.355. The molecule has 3 aromatic rings. The molecule has 0 spiro atoms. The van der Waals surface area contributed by atoms with E-state index in [2.05, 4.69) is 43.4 Å². The SMILES string of the molecule is CCNC(=O)[C@H](Cc1ccccc1)N(Cc1ccc(C)cc1)C(=O)CCc1ccc(C(C)C)cc1. The fourth-order valence-electron chi connectivity index (χ4n) is 4.20. The van der Waals surface area contributed by atoms with E-state index in [1.54, 1.807) is 4.90 Å². The molecule has 0 aromatic heterocycles. The molecule has 0 fully saturated rings. The van der Waals surface area contributed by atoms with Gasteiger partial charge in [0.05, 0.1) is 0 Å². The summed E-state index contributed by atoms with van der Waals surface area (Å²) in [7, 11) is 0. The third kappa shape index (κ3) is 7.81. The van der Waals surface area contributed by atoms with Gasteiger partial charge in [0.25, 0.3) is 0 Å². The van der Waals surface area contributed by atoms with Crippen LogP contribution in [0.2, 0.25) is 0 Å². The number of carbonyl (C=O) groups excluding carboxylic acids is 2. The molecule has 3 aromatic carbocycles. The van der Waals surface area contributed by atoms with Crippen LogP contribution in [0.1, 0.15) is 60.9 Å². The van der Waals surface area contributed by atoms with E-state index in [-0.39, 0.29) is 11.8 Å². The Morgan fingerprint density at radius 2 is 1.46 bits per heavy atom. The minimum Gasteiger partial charge on any atom is -0.355 e. The van der Waals surface area contributed by atoms with Gasteiger partial charge in [-0.2, -0.15) is 0 Å². The number of nitrogens with one attached hydrogen (secondary N) is 1. The molecule has 0 heterocycles. The molecule has 35 heavy (non-hydrogen) atoms. The van der Waals surface area contributed by atoms with Crippen molar-refractivity contribution in [2.45, 2.75) is 65.5 Å². The first-order valence-corrected chi connectivity index (χ1v) is 12.6. The van der Waals surface area contributed by atoms with E-state index >= 15 is 0 Å². The lowest BCUT2D eigenvalue weighted by atomic mass is 9.99. The first-order valence-electron chi connectivity index (χ1n) is 12.6. The Balaban J connectivity index is 1.85. The van der Waals surface area contributed by atoms with Crippen molar-refractivity contribution in [2.24, 2.45) is 0 Å². The molecule has 1 atom stereocenters. The van der Waals surface area contributed by atoms with E-state index in [9.17, 15) is 9.59 Å². The molecule has 4 nitrogen and oxygen atoms in total. The number of carbonyl (C=O) groups is 2. The highest BCUT2D eigenvalue weighted by Crippen LogP contribution is 2.19. The quantitative estimate of drug-likeness (QED) is 0.383. The van der Waals surface area contributed by atoms with Gasteiger partial charge in [-0.1, -0.05) is 98.3 Å². The van der Waals surface area contributed by atoms with Gasteiger partial charge in [-0.15, -0.1) is 0 Å².